The second-order valence-electron chi connectivity index (χ2n) is 3.93. The number of aromatic nitrogens is 3. The van der Waals surface area contributed by atoms with Crippen LogP contribution >= 0.6 is 12.2 Å². The summed E-state index contributed by atoms with van der Waals surface area (Å²) < 4.78 is 19.9. The summed E-state index contributed by atoms with van der Waals surface area (Å²) in [4.78, 5) is 0. The molecule has 1 aromatic carbocycles. The van der Waals surface area contributed by atoms with Crippen molar-refractivity contribution >= 4 is 18.4 Å². The van der Waals surface area contributed by atoms with Gasteiger partial charge in [-0.1, -0.05) is 0 Å². The van der Waals surface area contributed by atoms with Crippen LogP contribution in [0.3, 0.4) is 0 Å². The molecule has 5 nitrogen and oxygen atoms in total. The molecule has 3 aromatic rings. The van der Waals surface area contributed by atoms with E-state index in [1.165, 1.54) is 23.0 Å². The third-order valence-electron chi connectivity index (χ3n) is 2.60. The number of nitrogens with zero attached hydrogens (tertiary/aromatic N) is 3. The number of furan rings is 1. The Morgan fingerprint density at radius 1 is 1.30 bits per heavy atom. The van der Waals surface area contributed by atoms with Crippen LogP contribution in [0, 0.1) is 10.6 Å². The van der Waals surface area contributed by atoms with Gasteiger partial charge in [0.05, 0.1) is 12.5 Å². The van der Waals surface area contributed by atoms with Gasteiger partial charge in [-0.2, -0.15) is 14.9 Å². The minimum Gasteiger partial charge on any atom is -0.463 e. The van der Waals surface area contributed by atoms with Gasteiger partial charge in [-0.3, -0.25) is 0 Å². The van der Waals surface area contributed by atoms with Crippen molar-refractivity contribution < 1.29 is 8.81 Å². The summed E-state index contributed by atoms with van der Waals surface area (Å²) in [5.74, 6) is 0.782. The lowest BCUT2D eigenvalue weighted by molar-refractivity contribution is 0.559. The number of halogens is 1. The number of hydrogen-bond acceptors (Lipinski definition) is 4. The molecule has 0 saturated heterocycles. The molecule has 0 spiro atoms. The van der Waals surface area contributed by atoms with Crippen LogP contribution in [0.15, 0.2) is 52.2 Å². The van der Waals surface area contributed by atoms with Crippen LogP contribution in [0.4, 0.5) is 4.39 Å². The molecule has 0 unspecified atom stereocenters. The van der Waals surface area contributed by atoms with E-state index in [1.54, 1.807) is 30.5 Å². The first-order chi connectivity index (χ1) is 9.74. The summed E-state index contributed by atoms with van der Waals surface area (Å²) >= 11 is 5.12. The molecule has 0 atom stereocenters. The summed E-state index contributed by atoms with van der Waals surface area (Å²) in [5, 5.41) is 11.0. The van der Waals surface area contributed by atoms with Gasteiger partial charge in [0.2, 0.25) is 4.77 Å². The molecule has 0 aliphatic carbocycles. The van der Waals surface area contributed by atoms with E-state index in [1.807, 2.05) is 0 Å². The highest BCUT2D eigenvalue weighted by molar-refractivity contribution is 7.71. The van der Waals surface area contributed by atoms with E-state index in [0.29, 0.717) is 21.9 Å². The molecular formula is C13H9FN4OS. The fourth-order valence-corrected chi connectivity index (χ4v) is 1.84. The summed E-state index contributed by atoms with van der Waals surface area (Å²) in [6.07, 6.45) is 3.08. The predicted molar refractivity (Wildman–Crippen MR) is 74.5 cm³/mol. The van der Waals surface area contributed by atoms with Gasteiger partial charge < -0.3 is 4.42 Å². The van der Waals surface area contributed by atoms with Crippen molar-refractivity contribution in [2.75, 3.05) is 0 Å². The van der Waals surface area contributed by atoms with Crippen molar-refractivity contribution in [3.05, 3.63) is 59.0 Å². The van der Waals surface area contributed by atoms with Gasteiger partial charge in [0.15, 0.2) is 5.82 Å². The van der Waals surface area contributed by atoms with Gasteiger partial charge in [-0.25, -0.2) is 9.49 Å². The third kappa shape index (κ3) is 2.43. The molecule has 1 N–H and O–H groups in total. The van der Waals surface area contributed by atoms with Crippen LogP contribution in [0.1, 0.15) is 5.76 Å². The quantitative estimate of drug-likeness (QED) is 0.594. The zero-order chi connectivity index (χ0) is 13.9. The van der Waals surface area contributed by atoms with Gasteiger partial charge in [-0.15, -0.1) is 0 Å². The Morgan fingerprint density at radius 3 is 2.80 bits per heavy atom. The van der Waals surface area contributed by atoms with E-state index in [0.717, 1.165) is 0 Å². The Hall–Kier alpha value is -2.54. The second kappa shape index (κ2) is 5.22. The Bertz CT molecular complexity index is 787. The fraction of sp³-hybridized carbons (Fsp3) is 0. The summed E-state index contributed by atoms with van der Waals surface area (Å²) in [5.41, 5.74) is 0.704. The van der Waals surface area contributed by atoms with Crippen molar-refractivity contribution in [1.29, 1.82) is 0 Å². The van der Waals surface area contributed by atoms with Gasteiger partial charge in [0.25, 0.3) is 0 Å². The second-order valence-corrected chi connectivity index (χ2v) is 4.32. The average Bonchev–Trinajstić information content (AvgIpc) is 3.07. The zero-order valence-electron chi connectivity index (χ0n) is 10.2. The SMILES string of the molecule is Fc1ccc(-c2n[nH]c(=S)n2N=Cc2ccco2)cc1. The fourth-order valence-electron chi connectivity index (χ4n) is 1.66. The summed E-state index contributed by atoms with van der Waals surface area (Å²) in [6, 6.07) is 9.46. The maximum Gasteiger partial charge on any atom is 0.216 e. The van der Waals surface area contributed by atoms with Crippen molar-refractivity contribution in [2.45, 2.75) is 0 Å². The molecule has 0 amide bonds. The monoisotopic (exact) mass is 288 g/mol. The molecule has 20 heavy (non-hydrogen) atoms. The number of aromatic amines is 1. The van der Waals surface area contributed by atoms with Crippen LogP contribution < -0.4 is 0 Å². The molecule has 0 radical (unpaired) electrons. The highest BCUT2D eigenvalue weighted by atomic mass is 32.1. The third-order valence-corrected chi connectivity index (χ3v) is 2.86. The van der Waals surface area contributed by atoms with Crippen molar-refractivity contribution in [3.63, 3.8) is 0 Å². The standard InChI is InChI=1S/C13H9FN4OS/c14-10-5-3-9(4-6-10)12-16-17-13(20)18(12)15-8-11-2-1-7-19-11/h1-8H,(H,17,20). The van der Waals surface area contributed by atoms with Gasteiger partial charge in [0, 0.05) is 5.56 Å². The van der Waals surface area contributed by atoms with Crippen LogP contribution in [0.5, 0.6) is 0 Å². The molecule has 7 heteroatoms. The molecule has 2 aromatic heterocycles. The zero-order valence-corrected chi connectivity index (χ0v) is 11.0. The number of H-pyrrole nitrogens is 1. The lowest BCUT2D eigenvalue weighted by Gasteiger charge is -2.00. The average molecular weight is 288 g/mol. The number of nitrogens with one attached hydrogen (secondary N) is 1. The Kier molecular flexibility index (Phi) is 3.26. The summed E-state index contributed by atoms with van der Waals surface area (Å²) in [7, 11) is 0. The van der Waals surface area contributed by atoms with E-state index in [-0.39, 0.29) is 5.82 Å². The number of rotatable bonds is 3. The molecule has 2 heterocycles. The van der Waals surface area contributed by atoms with Crippen molar-refractivity contribution in [1.82, 2.24) is 14.9 Å². The topological polar surface area (TPSA) is 59.1 Å². The van der Waals surface area contributed by atoms with Crippen LogP contribution in [-0.4, -0.2) is 21.1 Å². The Labute approximate surface area is 118 Å². The maximum absolute atomic E-state index is 12.9. The van der Waals surface area contributed by atoms with Gasteiger partial charge in [0.1, 0.15) is 11.6 Å². The van der Waals surface area contributed by atoms with E-state index in [9.17, 15) is 4.39 Å². The highest BCUT2D eigenvalue weighted by Gasteiger charge is 2.08. The molecular weight excluding hydrogens is 279 g/mol. The first kappa shape index (κ1) is 12.5. The number of benzene rings is 1. The molecule has 3 rings (SSSR count). The number of hydrogen-bond donors (Lipinski definition) is 1. The van der Waals surface area contributed by atoms with E-state index < -0.39 is 0 Å². The minimum absolute atomic E-state index is 0.312. The first-order valence-corrected chi connectivity index (χ1v) is 6.16. The Balaban J connectivity index is 2.01. The van der Waals surface area contributed by atoms with Crippen LogP contribution in [0.2, 0.25) is 0 Å². The first-order valence-electron chi connectivity index (χ1n) is 5.75. The van der Waals surface area contributed by atoms with Gasteiger partial charge >= 0.3 is 0 Å². The van der Waals surface area contributed by atoms with Gasteiger partial charge in [-0.05, 0) is 48.6 Å². The molecule has 100 valence electrons. The van der Waals surface area contributed by atoms with Crippen LogP contribution in [-0.2, 0) is 0 Å². The summed E-state index contributed by atoms with van der Waals surface area (Å²) in [6.45, 7) is 0. The molecule has 0 saturated carbocycles. The Morgan fingerprint density at radius 2 is 2.10 bits per heavy atom. The van der Waals surface area contributed by atoms with E-state index in [2.05, 4.69) is 15.3 Å². The van der Waals surface area contributed by atoms with E-state index in [4.69, 9.17) is 16.6 Å². The van der Waals surface area contributed by atoms with Crippen molar-refractivity contribution in [3.8, 4) is 11.4 Å². The molecule has 0 bridgehead atoms. The lowest BCUT2D eigenvalue weighted by atomic mass is 10.2. The van der Waals surface area contributed by atoms with Crippen molar-refractivity contribution in [2.24, 2.45) is 5.10 Å². The normalized spacial score (nSPS) is 11.2. The molecule has 0 aliphatic rings. The molecule has 0 aliphatic heterocycles. The highest BCUT2D eigenvalue weighted by Crippen LogP contribution is 2.17. The largest absolute Gasteiger partial charge is 0.463 e. The minimum atomic E-state index is -0.312. The maximum atomic E-state index is 12.9. The van der Waals surface area contributed by atoms with E-state index >= 15 is 0 Å². The predicted octanol–water partition coefficient (Wildman–Crippen LogP) is 3.22. The smallest absolute Gasteiger partial charge is 0.216 e. The lowest BCUT2D eigenvalue weighted by Crippen LogP contribution is -1.94. The molecule has 0 fully saturated rings. The van der Waals surface area contributed by atoms with Crippen LogP contribution in [0.25, 0.3) is 11.4 Å².